The number of nitrogens with zero attached hydrogens (tertiary/aromatic N) is 1. The van der Waals surface area contributed by atoms with Crippen LogP contribution in [0.3, 0.4) is 0 Å². The molecule has 0 bridgehead atoms. The third kappa shape index (κ3) is 4.73. The van der Waals surface area contributed by atoms with Crippen LogP contribution in [0.4, 0.5) is 0 Å². The van der Waals surface area contributed by atoms with E-state index in [9.17, 15) is 4.79 Å². The Morgan fingerprint density at radius 3 is 2.56 bits per heavy atom. The maximum Gasteiger partial charge on any atom is 0.246 e. The third-order valence-electron chi connectivity index (χ3n) is 4.80. The molecule has 1 heterocycles. The molecule has 142 valence electrons. The molecule has 0 saturated carbocycles. The van der Waals surface area contributed by atoms with Gasteiger partial charge in [0.1, 0.15) is 5.75 Å². The maximum absolute atomic E-state index is 12.3. The highest BCUT2D eigenvalue weighted by atomic mass is 32.2. The number of carbonyl (C=O) groups is 1. The second kappa shape index (κ2) is 9.11. The predicted octanol–water partition coefficient (Wildman–Crippen LogP) is 4.34. The largest absolute Gasteiger partial charge is 0.496 e. The van der Waals surface area contributed by atoms with Crippen molar-refractivity contribution in [1.82, 2.24) is 4.90 Å². The molecule has 27 heavy (non-hydrogen) atoms. The first-order valence-electron chi connectivity index (χ1n) is 9.06. The molecular formula is C22H25NO3S. The zero-order chi connectivity index (χ0) is 19.2. The smallest absolute Gasteiger partial charge is 0.246 e. The Bertz CT molecular complexity index is 841. The van der Waals surface area contributed by atoms with Crippen LogP contribution < -0.4 is 4.74 Å². The van der Waals surface area contributed by atoms with Crippen molar-refractivity contribution >= 4 is 23.7 Å². The fraction of sp³-hybridized carbons (Fsp3) is 0.318. The molecule has 0 radical (unpaired) electrons. The first-order chi connectivity index (χ1) is 13.1. The Labute approximate surface area is 165 Å². The van der Waals surface area contributed by atoms with E-state index in [4.69, 9.17) is 9.47 Å². The van der Waals surface area contributed by atoms with Gasteiger partial charge in [0.25, 0.3) is 0 Å². The minimum Gasteiger partial charge on any atom is -0.496 e. The lowest BCUT2D eigenvalue weighted by molar-refractivity contribution is -0.129. The summed E-state index contributed by atoms with van der Waals surface area (Å²) < 4.78 is 10.7. The van der Waals surface area contributed by atoms with Crippen LogP contribution in [-0.2, 0) is 9.53 Å². The minimum absolute atomic E-state index is 0.0443. The van der Waals surface area contributed by atoms with Crippen molar-refractivity contribution in [3.05, 3.63) is 59.2 Å². The number of amides is 1. The number of ether oxygens (including phenoxy) is 2. The monoisotopic (exact) mass is 383 g/mol. The molecule has 0 unspecified atom stereocenters. The summed E-state index contributed by atoms with van der Waals surface area (Å²) in [7, 11) is 1.69. The molecule has 0 aliphatic carbocycles. The number of rotatable bonds is 5. The van der Waals surface area contributed by atoms with Crippen LogP contribution in [-0.4, -0.2) is 44.2 Å². The second-order valence-electron chi connectivity index (χ2n) is 6.43. The fourth-order valence-corrected chi connectivity index (χ4v) is 4.06. The maximum atomic E-state index is 12.3. The summed E-state index contributed by atoms with van der Waals surface area (Å²) in [5.41, 5.74) is 3.46. The highest BCUT2D eigenvalue weighted by Crippen LogP contribution is 2.37. The lowest BCUT2D eigenvalue weighted by atomic mass is 10.0. The number of benzene rings is 2. The van der Waals surface area contributed by atoms with Gasteiger partial charge in [-0.2, -0.15) is 0 Å². The summed E-state index contributed by atoms with van der Waals surface area (Å²) in [6.07, 6.45) is 3.58. The average Bonchev–Trinajstić information content (AvgIpc) is 2.71. The van der Waals surface area contributed by atoms with Crippen LogP contribution in [0.25, 0.3) is 6.08 Å². The standard InChI is InChI=1S/C22H25NO3S/c1-16-17(2)20(27-21-7-5-4-6-19(21)25-3)10-8-18(16)9-11-22(24)23-12-14-26-15-13-23/h4-11H,12-15H2,1-3H3/b11-9+. The number of carbonyl (C=O) groups excluding carboxylic acids is 1. The number of morpholine rings is 1. The van der Waals surface area contributed by atoms with Gasteiger partial charge in [0.15, 0.2) is 0 Å². The molecule has 0 aromatic heterocycles. The molecule has 1 saturated heterocycles. The van der Waals surface area contributed by atoms with Crippen molar-refractivity contribution < 1.29 is 14.3 Å². The molecular weight excluding hydrogens is 358 g/mol. The third-order valence-corrected chi connectivity index (χ3v) is 6.02. The van der Waals surface area contributed by atoms with Gasteiger partial charge in [-0.05, 0) is 54.8 Å². The summed E-state index contributed by atoms with van der Waals surface area (Å²) in [6.45, 7) is 6.78. The minimum atomic E-state index is 0.0443. The quantitative estimate of drug-likeness (QED) is 0.720. The lowest BCUT2D eigenvalue weighted by Gasteiger charge is -2.25. The number of hydrogen-bond acceptors (Lipinski definition) is 4. The average molecular weight is 384 g/mol. The van der Waals surface area contributed by atoms with E-state index in [0.717, 1.165) is 16.2 Å². The van der Waals surface area contributed by atoms with Gasteiger partial charge in [-0.15, -0.1) is 0 Å². The van der Waals surface area contributed by atoms with Gasteiger partial charge in [0.05, 0.1) is 25.2 Å². The molecule has 0 spiro atoms. The summed E-state index contributed by atoms with van der Waals surface area (Å²) in [4.78, 5) is 16.4. The summed E-state index contributed by atoms with van der Waals surface area (Å²) in [5.74, 6) is 0.919. The van der Waals surface area contributed by atoms with E-state index in [1.54, 1.807) is 24.9 Å². The molecule has 2 aromatic carbocycles. The van der Waals surface area contributed by atoms with Crippen molar-refractivity contribution in [2.24, 2.45) is 0 Å². The SMILES string of the molecule is COc1ccccc1Sc1ccc(/C=C/C(=O)N2CCOCC2)c(C)c1C. The van der Waals surface area contributed by atoms with Crippen LogP contribution >= 0.6 is 11.8 Å². The second-order valence-corrected chi connectivity index (χ2v) is 7.51. The first-order valence-corrected chi connectivity index (χ1v) is 9.87. The zero-order valence-corrected chi connectivity index (χ0v) is 16.8. The van der Waals surface area contributed by atoms with Gasteiger partial charge in [-0.3, -0.25) is 4.79 Å². The summed E-state index contributed by atoms with van der Waals surface area (Å²) in [6, 6.07) is 12.2. The number of methoxy groups -OCH3 is 1. The van der Waals surface area contributed by atoms with Crippen LogP contribution in [0.1, 0.15) is 16.7 Å². The molecule has 0 atom stereocenters. The molecule has 1 aliphatic rings. The van der Waals surface area contributed by atoms with Crippen molar-refractivity contribution in [3.8, 4) is 5.75 Å². The molecule has 5 heteroatoms. The Kier molecular flexibility index (Phi) is 6.58. The molecule has 1 fully saturated rings. The van der Waals surface area contributed by atoms with E-state index in [0.29, 0.717) is 26.3 Å². The molecule has 0 N–H and O–H groups in total. The highest BCUT2D eigenvalue weighted by Gasteiger charge is 2.14. The van der Waals surface area contributed by atoms with Crippen molar-refractivity contribution in [1.29, 1.82) is 0 Å². The Morgan fingerprint density at radius 1 is 1.07 bits per heavy atom. The fourth-order valence-electron chi connectivity index (χ4n) is 2.98. The Morgan fingerprint density at radius 2 is 1.81 bits per heavy atom. The van der Waals surface area contributed by atoms with E-state index in [2.05, 4.69) is 32.0 Å². The van der Waals surface area contributed by atoms with Gasteiger partial charge >= 0.3 is 0 Å². The van der Waals surface area contributed by atoms with Gasteiger partial charge in [-0.1, -0.05) is 30.0 Å². The van der Waals surface area contributed by atoms with E-state index in [1.807, 2.05) is 29.2 Å². The normalized spacial score (nSPS) is 14.6. The van der Waals surface area contributed by atoms with Crippen LogP contribution in [0.2, 0.25) is 0 Å². The van der Waals surface area contributed by atoms with Gasteiger partial charge < -0.3 is 14.4 Å². The summed E-state index contributed by atoms with van der Waals surface area (Å²) >= 11 is 1.70. The van der Waals surface area contributed by atoms with E-state index < -0.39 is 0 Å². The lowest BCUT2D eigenvalue weighted by Crippen LogP contribution is -2.39. The van der Waals surface area contributed by atoms with E-state index in [1.165, 1.54) is 16.0 Å². The van der Waals surface area contributed by atoms with Crippen LogP contribution in [0.5, 0.6) is 5.75 Å². The Hall–Kier alpha value is -2.24. The van der Waals surface area contributed by atoms with Gasteiger partial charge in [-0.25, -0.2) is 0 Å². The van der Waals surface area contributed by atoms with E-state index in [-0.39, 0.29) is 5.91 Å². The highest BCUT2D eigenvalue weighted by molar-refractivity contribution is 7.99. The number of hydrogen-bond donors (Lipinski definition) is 0. The molecule has 3 rings (SSSR count). The van der Waals surface area contributed by atoms with Crippen LogP contribution in [0.15, 0.2) is 52.3 Å². The van der Waals surface area contributed by atoms with Crippen molar-refractivity contribution in [2.75, 3.05) is 33.4 Å². The predicted molar refractivity (Wildman–Crippen MR) is 109 cm³/mol. The molecule has 1 aliphatic heterocycles. The topological polar surface area (TPSA) is 38.8 Å². The Balaban J connectivity index is 1.76. The van der Waals surface area contributed by atoms with Crippen molar-refractivity contribution in [3.63, 3.8) is 0 Å². The van der Waals surface area contributed by atoms with Crippen molar-refractivity contribution in [2.45, 2.75) is 23.6 Å². The number of para-hydroxylation sites is 1. The molecule has 1 amide bonds. The molecule has 2 aromatic rings. The van der Waals surface area contributed by atoms with Gasteiger partial charge in [0.2, 0.25) is 5.91 Å². The van der Waals surface area contributed by atoms with E-state index >= 15 is 0 Å². The first kappa shape index (κ1) is 19.5. The summed E-state index contributed by atoms with van der Waals surface area (Å²) in [5, 5.41) is 0. The van der Waals surface area contributed by atoms with Crippen LogP contribution in [0, 0.1) is 13.8 Å². The molecule has 4 nitrogen and oxygen atoms in total. The zero-order valence-electron chi connectivity index (χ0n) is 16.0. The van der Waals surface area contributed by atoms with Gasteiger partial charge in [0, 0.05) is 24.1 Å².